The van der Waals surface area contributed by atoms with Gasteiger partial charge in [-0.25, -0.2) is 4.79 Å². The van der Waals surface area contributed by atoms with Crippen molar-refractivity contribution in [3.63, 3.8) is 0 Å². The number of alkyl halides is 3. The molecular weight excluding hydrogens is 255 g/mol. The summed E-state index contributed by atoms with van der Waals surface area (Å²) in [5.74, 6) is -1.60. The molecule has 104 valence electrons. The van der Waals surface area contributed by atoms with Gasteiger partial charge in [0.05, 0.1) is 11.8 Å². The summed E-state index contributed by atoms with van der Waals surface area (Å²) in [5.41, 5.74) is -2.55. The van der Waals surface area contributed by atoms with Crippen molar-refractivity contribution in [1.82, 2.24) is 5.32 Å². The Labute approximate surface area is 102 Å². The summed E-state index contributed by atoms with van der Waals surface area (Å²) in [6, 6.07) is 0. The number of carbonyl (C=O) groups is 2. The van der Waals surface area contributed by atoms with Crippen LogP contribution in [0.5, 0.6) is 0 Å². The lowest BCUT2D eigenvalue weighted by Gasteiger charge is -2.30. The molecule has 0 aromatic carbocycles. The van der Waals surface area contributed by atoms with Crippen molar-refractivity contribution in [3.05, 3.63) is 12.7 Å². The first-order chi connectivity index (χ1) is 8.12. The van der Waals surface area contributed by atoms with Crippen LogP contribution in [0.15, 0.2) is 12.7 Å². The van der Waals surface area contributed by atoms with Crippen LogP contribution in [0, 0.1) is 5.41 Å². The molecule has 1 amide bonds. The maximum atomic E-state index is 12.7. The van der Waals surface area contributed by atoms with Crippen molar-refractivity contribution in [3.8, 4) is 0 Å². The summed E-state index contributed by atoms with van der Waals surface area (Å²) >= 11 is 0. The SMILES string of the molecule is C=CCOC(=O)NCC(C)(CC(=O)O)C(F)(F)F. The third-order valence-corrected chi connectivity index (χ3v) is 2.18. The molecule has 1 atom stereocenters. The quantitative estimate of drug-likeness (QED) is 0.722. The number of rotatable bonds is 6. The minimum atomic E-state index is -4.75. The molecule has 0 saturated heterocycles. The van der Waals surface area contributed by atoms with Crippen LogP contribution >= 0.6 is 0 Å². The number of amides is 1. The average Bonchev–Trinajstić information content (AvgIpc) is 2.21. The van der Waals surface area contributed by atoms with Gasteiger partial charge in [0.2, 0.25) is 0 Å². The Kier molecular flexibility index (Phi) is 5.67. The van der Waals surface area contributed by atoms with Crippen LogP contribution in [0.3, 0.4) is 0 Å². The maximum Gasteiger partial charge on any atom is 0.407 e. The van der Waals surface area contributed by atoms with Crippen LogP contribution in [-0.4, -0.2) is 36.5 Å². The molecule has 8 heteroatoms. The number of nitrogens with one attached hydrogen (secondary N) is 1. The number of hydrogen-bond acceptors (Lipinski definition) is 3. The fourth-order valence-corrected chi connectivity index (χ4v) is 1.05. The molecule has 0 radical (unpaired) electrons. The van der Waals surface area contributed by atoms with E-state index in [9.17, 15) is 22.8 Å². The lowest BCUT2D eigenvalue weighted by atomic mass is 9.86. The van der Waals surface area contributed by atoms with Gasteiger partial charge in [0, 0.05) is 6.54 Å². The molecular formula is C10H14F3NO4. The molecule has 1 unspecified atom stereocenters. The predicted molar refractivity (Wildman–Crippen MR) is 56.0 cm³/mol. The first-order valence-corrected chi connectivity index (χ1v) is 4.92. The highest BCUT2D eigenvalue weighted by Gasteiger charge is 2.52. The molecule has 0 aliphatic rings. The van der Waals surface area contributed by atoms with Crippen molar-refractivity contribution < 1.29 is 32.6 Å². The molecule has 0 aromatic rings. The summed E-state index contributed by atoms with van der Waals surface area (Å²) in [7, 11) is 0. The molecule has 0 aliphatic carbocycles. The maximum absolute atomic E-state index is 12.7. The minimum Gasteiger partial charge on any atom is -0.481 e. The van der Waals surface area contributed by atoms with Crippen molar-refractivity contribution >= 4 is 12.1 Å². The molecule has 0 aliphatic heterocycles. The Hall–Kier alpha value is -1.73. The van der Waals surface area contributed by atoms with Gasteiger partial charge in [0.25, 0.3) is 0 Å². The van der Waals surface area contributed by atoms with E-state index in [1.54, 1.807) is 0 Å². The Bertz CT molecular complexity index is 330. The van der Waals surface area contributed by atoms with Crippen molar-refractivity contribution in [2.24, 2.45) is 5.41 Å². The van der Waals surface area contributed by atoms with E-state index in [1.807, 2.05) is 5.32 Å². The monoisotopic (exact) mass is 269 g/mol. The van der Waals surface area contributed by atoms with Crippen LogP contribution in [-0.2, 0) is 9.53 Å². The Morgan fingerprint density at radius 2 is 2.00 bits per heavy atom. The minimum absolute atomic E-state index is 0.145. The van der Waals surface area contributed by atoms with Crippen LogP contribution in [0.25, 0.3) is 0 Å². The number of carboxylic acids is 1. The van der Waals surface area contributed by atoms with Gasteiger partial charge < -0.3 is 15.2 Å². The first-order valence-electron chi connectivity index (χ1n) is 4.92. The number of alkyl carbamates (subject to hydrolysis) is 1. The number of halogens is 3. The van der Waals surface area contributed by atoms with Crippen LogP contribution < -0.4 is 5.32 Å². The fourth-order valence-electron chi connectivity index (χ4n) is 1.05. The van der Waals surface area contributed by atoms with Gasteiger partial charge in [-0.1, -0.05) is 12.7 Å². The third kappa shape index (κ3) is 5.07. The zero-order valence-electron chi connectivity index (χ0n) is 9.71. The van der Waals surface area contributed by atoms with E-state index in [2.05, 4.69) is 11.3 Å². The van der Waals surface area contributed by atoms with Gasteiger partial charge in [-0.05, 0) is 6.92 Å². The predicted octanol–water partition coefficient (Wildman–Crippen LogP) is 1.94. The van der Waals surface area contributed by atoms with Crippen molar-refractivity contribution in [2.75, 3.05) is 13.2 Å². The number of carbonyl (C=O) groups excluding carboxylic acids is 1. The lowest BCUT2D eigenvalue weighted by Crippen LogP contribution is -2.46. The van der Waals surface area contributed by atoms with E-state index in [1.165, 1.54) is 6.08 Å². The number of ether oxygens (including phenoxy) is 1. The summed E-state index contributed by atoms with van der Waals surface area (Å²) in [6.07, 6.45) is -5.70. The Balaban J connectivity index is 4.57. The second-order valence-corrected chi connectivity index (χ2v) is 3.87. The molecule has 0 saturated carbocycles. The Morgan fingerprint density at radius 3 is 2.39 bits per heavy atom. The molecule has 0 aromatic heterocycles. The second-order valence-electron chi connectivity index (χ2n) is 3.87. The van der Waals surface area contributed by atoms with Gasteiger partial charge in [-0.2, -0.15) is 13.2 Å². The molecule has 0 fully saturated rings. The first kappa shape index (κ1) is 16.3. The molecule has 0 heterocycles. The summed E-state index contributed by atoms with van der Waals surface area (Å²) in [5, 5.41) is 10.3. The zero-order valence-corrected chi connectivity index (χ0v) is 9.71. The normalized spacial score (nSPS) is 14.4. The van der Waals surface area contributed by atoms with E-state index in [0.717, 1.165) is 6.92 Å². The summed E-state index contributed by atoms with van der Waals surface area (Å²) in [4.78, 5) is 21.4. The largest absolute Gasteiger partial charge is 0.481 e. The van der Waals surface area contributed by atoms with Crippen molar-refractivity contribution in [2.45, 2.75) is 19.5 Å². The molecule has 2 N–H and O–H groups in total. The van der Waals surface area contributed by atoms with E-state index < -0.39 is 36.6 Å². The van der Waals surface area contributed by atoms with Crippen LogP contribution in [0.2, 0.25) is 0 Å². The Morgan fingerprint density at radius 1 is 1.44 bits per heavy atom. The highest BCUT2D eigenvalue weighted by atomic mass is 19.4. The summed E-state index contributed by atoms with van der Waals surface area (Å²) < 4.78 is 42.5. The number of carboxylic acid groups (broad SMARTS) is 1. The molecule has 0 rings (SSSR count). The van der Waals surface area contributed by atoms with Crippen LogP contribution in [0.4, 0.5) is 18.0 Å². The van der Waals surface area contributed by atoms with Gasteiger partial charge in [0.1, 0.15) is 6.61 Å². The fraction of sp³-hybridized carbons (Fsp3) is 0.600. The second kappa shape index (κ2) is 6.27. The average molecular weight is 269 g/mol. The third-order valence-electron chi connectivity index (χ3n) is 2.18. The highest BCUT2D eigenvalue weighted by Crippen LogP contribution is 2.40. The van der Waals surface area contributed by atoms with E-state index >= 15 is 0 Å². The smallest absolute Gasteiger partial charge is 0.407 e. The van der Waals surface area contributed by atoms with Crippen LogP contribution in [0.1, 0.15) is 13.3 Å². The van der Waals surface area contributed by atoms with E-state index in [4.69, 9.17) is 5.11 Å². The van der Waals surface area contributed by atoms with E-state index in [-0.39, 0.29) is 6.61 Å². The highest BCUT2D eigenvalue weighted by molar-refractivity contribution is 5.69. The molecule has 18 heavy (non-hydrogen) atoms. The van der Waals surface area contributed by atoms with Crippen molar-refractivity contribution in [1.29, 1.82) is 0 Å². The molecule has 5 nitrogen and oxygen atoms in total. The van der Waals surface area contributed by atoms with Gasteiger partial charge in [-0.15, -0.1) is 0 Å². The van der Waals surface area contributed by atoms with Gasteiger partial charge in [-0.3, -0.25) is 4.79 Å². The molecule has 0 spiro atoms. The lowest BCUT2D eigenvalue weighted by molar-refractivity contribution is -0.220. The van der Waals surface area contributed by atoms with E-state index in [0.29, 0.717) is 0 Å². The summed E-state index contributed by atoms with van der Waals surface area (Å²) in [6.45, 7) is 2.95. The molecule has 0 bridgehead atoms. The topological polar surface area (TPSA) is 75.6 Å². The van der Waals surface area contributed by atoms with Gasteiger partial charge >= 0.3 is 18.2 Å². The van der Waals surface area contributed by atoms with Gasteiger partial charge in [0.15, 0.2) is 0 Å². The standard InChI is InChI=1S/C10H14F3NO4/c1-3-4-18-8(17)14-6-9(2,5-7(15)16)10(11,12)13/h3H,1,4-6H2,2H3,(H,14,17)(H,15,16). The number of aliphatic carboxylic acids is 1. The zero-order chi connectivity index (χ0) is 14.4. The number of hydrogen-bond donors (Lipinski definition) is 2.